The van der Waals surface area contributed by atoms with Crippen LogP contribution in [-0.2, 0) is 12.6 Å². The van der Waals surface area contributed by atoms with Gasteiger partial charge in [0.1, 0.15) is 0 Å². The van der Waals surface area contributed by atoms with Crippen LogP contribution in [0.5, 0.6) is 0 Å². The fraction of sp³-hybridized carbons (Fsp3) is 0.625. The number of hydrogen-bond acceptors (Lipinski definition) is 2. The first-order chi connectivity index (χ1) is 9.90. The van der Waals surface area contributed by atoms with Gasteiger partial charge in [-0.05, 0) is 48.8 Å². The second-order valence-electron chi connectivity index (χ2n) is 6.20. The molecule has 2 rings (SSSR count). The highest BCUT2D eigenvalue weighted by Gasteiger charge is 2.30. The van der Waals surface area contributed by atoms with E-state index >= 15 is 0 Å². The fourth-order valence-corrected chi connectivity index (χ4v) is 3.29. The lowest BCUT2D eigenvalue weighted by Gasteiger charge is -2.33. The van der Waals surface area contributed by atoms with Crippen molar-refractivity contribution in [1.82, 2.24) is 5.43 Å². The molecule has 0 heterocycles. The van der Waals surface area contributed by atoms with Crippen LogP contribution in [0, 0.1) is 11.8 Å². The van der Waals surface area contributed by atoms with E-state index < -0.39 is 11.7 Å². The van der Waals surface area contributed by atoms with Crippen LogP contribution in [0.25, 0.3) is 0 Å². The lowest BCUT2D eigenvalue weighted by molar-refractivity contribution is -0.137. The summed E-state index contributed by atoms with van der Waals surface area (Å²) in [5.41, 5.74) is 3.15. The molecule has 1 aliphatic rings. The number of alkyl halides is 3. The lowest BCUT2D eigenvalue weighted by atomic mass is 9.77. The van der Waals surface area contributed by atoms with Gasteiger partial charge >= 0.3 is 6.18 Å². The van der Waals surface area contributed by atoms with E-state index in [0.717, 1.165) is 30.5 Å². The van der Waals surface area contributed by atoms with Gasteiger partial charge in [-0.25, -0.2) is 0 Å². The van der Waals surface area contributed by atoms with Gasteiger partial charge in [0.05, 0.1) is 5.56 Å². The molecule has 118 valence electrons. The normalized spacial score (nSPS) is 24.8. The van der Waals surface area contributed by atoms with Crippen molar-refractivity contribution < 1.29 is 13.2 Å². The molecule has 3 atom stereocenters. The van der Waals surface area contributed by atoms with Crippen LogP contribution in [0.1, 0.15) is 43.7 Å². The number of halogens is 3. The Morgan fingerprint density at radius 3 is 2.43 bits per heavy atom. The molecule has 2 nitrogen and oxygen atoms in total. The van der Waals surface area contributed by atoms with Gasteiger partial charge in [0.15, 0.2) is 0 Å². The first-order valence-electron chi connectivity index (χ1n) is 7.52. The van der Waals surface area contributed by atoms with Gasteiger partial charge in [-0.3, -0.25) is 11.3 Å². The van der Waals surface area contributed by atoms with Gasteiger partial charge < -0.3 is 0 Å². The summed E-state index contributed by atoms with van der Waals surface area (Å²) < 4.78 is 37.6. The molecule has 3 N–H and O–H groups in total. The van der Waals surface area contributed by atoms with Crippen LogP contribution in [0.15, 0.2) is 24.3 Å². The highest BCUT2D eigenvalue weighted by molar-refractivity contribution is 5.25. The molecule has 1 aromatic rings. The zero-order valence-electron chi connectivity index (χ0n) is 12.3. The maximum atomic E-state index is 12.5. The van der Waals surface area contributed by atoms with E-state index in [1.807, 2.05) is 0 Å². The Morgan fingerprint density at radius 2 is 1.90 bits per heavy atom. The topological polar surface area (TPSA) is 38.0 Å². The molecule has 1 saturated carbocycles. The summed E-state index contributed by atoms with van der Waals surface area (Å²) in [7, 11) is 0. The fourth-order valence-electron chi connectivity index (χ4n) is 3.29. The molecule has 0 bridgehead atoms. The molecule has 21 heavy (non-hydrogen) atoms. The van der Waals surface area contributed by atoms with Crippen molar-refractivity contribution in [3.63, 3.8) is 0 Å². The summed E-state index contributed by atoms with van der Waals surface area (Å²) in [5, 5.41) is 0. The van der Waals surface area contributed by atoms with E-state index in [9.17, 15) is 13.2 Å². The van der Waals surface area contributed by atoms with E-state index in [0.29, 0.717) is 18.3 Å². The SMILES string of the molecule is CC1CCCC(C(Cc2ccc(C(F)(F)F)cc2)NN)C1. The molecular formula is C16H23F3N2. The van der Waals surface area contributed by atoms with E-state index in [-0.39, 0.29) is 6.04 Å². The van der Waals surface area contributed by atoms with Crippen molar-refractivity contribution in [2.24, 2.45) is 17.7 Å². The number of nitrogens with two attached hydrogens (primary N) is 1. The molecule has 5 heteroatoms. The monoisotopic (exact) mass is 300 g/mol. The Morgan fingerprint density at radius 1 is 1.24 bits per heavy atom. The van der Waals surface area contributed by atoms with Crippen LogP contribution < -0.4 is 11.3 Å². The predicted molar refractivity (Wildman–Crippen MR) is 77.4 cm³/mol. The van der Waals surface area contributed by atoms with E-state index in [1.165, 1.54) is 12.8 Å². The van der Waals surface area contributed by atoms with E-state index in [4.69, 9.17) is 5.84 Å². The summed E-state index contributed by atoms with van der Waals surface area (Å²) in [6, 6.07) is 5.53. The van der Waals surface area contributed by atoms with Crippen LogP contribution in [0.3, 0.4) is 0 Å². The molecule has 0 radical (unpaired) electrons. The van der Waals surface area contributed by atoms with Crippen molar-refractivity contribution in [1.29, 1.82) is 0 Å². The Hall–Kier alpha value is -1.07. The number of hydrogen-bond donors (Lipinski definition) is 2. The van der Waals surface area contributed by atoms with Crippen LogP contribution in [0.4, 0.5) is 13.2 Å². The molecule has 3 unspecified atom stereocenters. The Balaban J connectivity index is 2.01. The summed E-state index contributed by atoms with van der Waals surface area (Å²) in [5.74, 6) is 6.87. The van der Waals surface area contributed by atoms with Crippen molar-refractivity contribution >= 4 is 0 Å². The second kappa shape index (κ2) is 6.79. The third-order valence-corrected chi connectivity index (χ3v) is 4.50. The van der Waals surface area contributed by atoms with Gasteiger partial charge in [0, 0.05) is 6.04 Å². The van der Waals surface area contributed by atoms with Gasteiger partial charge in [-0.15, -0.1) is 0 Å². The highest BCUT2D eigenvalue weighted by atomic mass is 19.4. The minimum atomic E-state index is -4.27. The van der Waals surface area contributed by atoms with Crippen molar-refractivity contribution in [2.75, 3.05) is 0 Å². The van der Waals surface area contributed by atoms with Crippen LogP contribution in [0.2, 0.25) is 0 Å². The number of hydrazine groups is 1. The lowest BCUT2D eigenvalue weighted by Crippen LogP contribution is -2.43. The van der Waals surface area contributed by atoms with E-state index in [2.05, 4.69) is 12.3 Å². The van der Waals surface area contributed by atoms with Gasteiger partial charge in [0.2, 0.25) is 0 Å². The zero-order valence-corrected chi connectivity index (χ0v) is 12.3. The minimum Gasteiger partial charge on any atom is -0.271 e. The van der Waals surface area contributed by atoms with E-state index in [1.54, 1.807) is 12.1 Å². The number of benzene rings is 1. The quantitative estimate of drug-likeness (QED) is 0.653. The number of rotatable bonds is 4. The first kappa shape index (κ1) is 16.3. The molecule has 0 saturated heterocycles. The molecule has 1 fully saturated rings. The standard InChI is InChI=1S/C16H23F3N2/c1-11-3-2-4-13(9-11)15(21-20)10-12-5-7-14(8-6-12)16(17,18)19/h5-8,11,13,15,21H,2-4,9-10,20H2,1H3. The Kier molecular flexibility index (Phi) is 5.27. The molecular weight excluding hydrogens is 277 g/mol. The third-order valence-electron chi connectivity index (χ3n) is 4.50. The second-order valence-corrected chi connectivity index (χ2v) is 6.20. The van der Waals surface area contributed by atoms with Crippen molar-refractivity contribution in [2.45, 2.75) is 51.2 Å². The van der Waals surface area contributed by atoms with Crippen LogP contribution >= 0.6 is 0 Å². The smallest absolute Gasteiger partial charge is 0.271 e. The largest absolute Gasteiger partial charge is 0.416 e. The van der Waals surface area contributed by atoms with Gasteiger partial charge in [0.25, 0.3) is 0 Å². The Bertz CT molecular complexity index is 442. The highest BCUT2D eigenvalue weighted by Crippen LogP contribution is 2.32. The van der Waals surface area contributed by atoms with Crippen LogP contribution in [-0.4, -0.2) is 6.04 Å². The maximum absolute atomic E-state index is 12.5. The average Bonchev–Trinajstić information content (AvgIpc) is 2.44. The Labute approximate surface area is 123 Å². The van der Waals surface area contributed by atoms with Crippen molar-refractivity contribution in [3.05, 3.63) is 35.4 Å². The first-order valence-corrected chi connectivity index (χ1v) is 7.52. The minimum absolute atomic E-state index is 0.129. The molecule has 0 amide bonds. The van der Waals surface area contributed by atoms with Crippen molar-refractivity contribution in [3.8, 4) is 0 Å². The molecule has 1 aromatic carbocycles. The molecule has 0 aromatic heterocycles. The van der Waals surface area contributed by atoms with Gasteiger partial charge in [-0.1, -0.05) is 31.9 Å². The summed E-state index contributed by atoms with van der Waals surface area (Å²) >= 11 is 0. The predicted octanol–water partition coefficient (Wildman–Crippen LogP) is 3.91. The zero-order chi connectivity index (χ0) is 15.5. The number of nitrogens with one attached hydrogen (secondary N) is 1. The van der Waals surface area contributed by atoms with Gasteiger partial charge in [-0.2, -0.15) is 13.2 Å². The maximum Gasteiger partial charge on any atom is 0.416 e. The molecule has 0 spiro atoms. The molecule has 1 aliphatic carbocycles. The summed E-state index contributed by atoms with van der Waals surface area (Å²) in [6.45, 7) is 2.25. The average molecular weight is 300 g/mol. The third kappa shape index (κ3) is 4.45. The molecule has 0 aliphatic heterocycles. The summed E-state index contributed by atoms with van der Waals surface area (Å²) in [6.07, 6.45) is 1.13. The summed E-state index contributed by atoms with van der Waals surface area (Å²) in [4.78, 5) is 0.